The minimum atomic E-state index is -0.103. The van der Waals surface area contributed by atoms with Gasteiger partial charge in [0.15, 0.2) is 5.82 Å². The van der Waals surface area contributed by atoms with Gasteiger partial charge in [-0.15, -0.1) is 0 Å². The zero-order chi connectivity index (χ0) is 12.5. The highest BCUT2D eigenvalue weighted by atomic mass is 16.5. The van der Waals surface area contributed by atoms with Crippen LogP contribution in [-0.4, -0.2) is 17.3 Å². The van der Waals surface area contributed by atoms with E-state index in [0.717, 1.165) is 11.3 Å². The second-order valence-corrected chi connectivity index (χ2v) is 4.90. The highest BCUT2D eigenvalue weighted by Crippen LogP contribution is 2.24. The van der Waals surface area contributed by atoms with E-state index in [1.165, 1.54) is 0 Å². The predicted octanol–water partition coefficient (Wildman–Crippen LogP) is 3.04. The first-order valence-electron chi connectivity index (χ1n) is 5.49. The number of aromatic nitrogens is 2. The van der Waals surface area contributed by atoms with Gasteiger partial charge in [-0.05, 0) is 24.3 Å². The fourth-order valence-corrected chi connectivity index (χ4v) is 1.38. The van der Waals surface area contributed by atoms with Crippen LogP contribution in [0.4, 0.5) is 0 Å². The van der Waals surface area contributed by atoms with E-state index in [0.29, 0.717) is 11.7 Å². The number of ether oxygens (including phenoxy) is 1. The van der Waals surface area contributed by atoms with Gasteiger partial charge >= 0.3 is 0 Å². The standard InChI is InChI=1S/C13H16N2O2/c1-13(2,3)12-14-11(17-15-12)9-5-7-10(16-4)8-6-9/h5-8H,1-4H3. The van der Waals surface area contributed by atoms with Crippen LogP contribution in [0.3, 0.4) is 0 Å². The van der Waals surface area contributed by atoms with Crippen molar-refractivity contribution >= 4 is 0 Å². The maximum Gasteiger partial charge on any atom is 0.257 e. The van der Waals surface area contributed by atoms with Gasteiger partial charge in [0, 0.05) is 11.0 Å². The molecule has 0 spiro atoms. The third-order valence-electron chi connectivity index (χ3n) is 2.43. The molecule has 0 aliphatic heterocycles. The molecule has 90 valence electrons. The molecule has 2 rings (SSSR count). The summed E-state index contributed by atoms with van der Waals surface area (Å²) in [5.74, 6) is 2.06. The normalized spacial score (nSPS) is 11.5. The van der Waals surface area contributed by atoms with E-state index in [1.807, 2.05) is 24.3 Å². The molecular weight excluding hydrogens is 216 g/mol. The number of hydrogen-bond donors (Lipinski definition) is 0. The third-order valence-corrected chi connectivity index (χ3v) is 2.43. The van der Waals surface area contributed by atoms with E-state index in [1.54, 1.807) is 7.11 Å². The van der Waals surface area contributed by atoms with Crippen LogP contribution >= 0.6 is 0 Å². The summed E-state index contributed by atoms with van der Waals surface area (Å²) in [6, 6.07) is 7.55. The molecular formula is C13H16N2O2. The van der Waals surface area contributed by atoms with E-state index in [4.69, 9.17) is 9.26 Å². The van der Waals surface area contributed by atoms with Gasteiger partial charge in [-0.2, -0.15) is 4.98 Å². The summed E-state index contributed by atoms with van der Waals surface area (Å²) in [5.41, 5.74) is 0.794. The Bertz CT molecular complexity index is 495. The first kappa shape index (κ1) is 11.6. The smallest absolute Gasteiger partial charge is 0.257 e. The van der Waals surface area contributed by atoms with Crippen LogP contribution < -0.4 is 4.74 Å². The highest BCUT2D eigenvalue weighted by molar-refractivity contribution is 5.54. The molecule has 0 aliphatic rings. The van der Waals surface area contributed by atoms with Gasteiger partial charge in [-0.25, -0.2) is 0 Å². The molecule has 4 nitrogen and oxygen atoms in total. The van der Waals surface area contributed by atoms with Crippen LogP contribution in [0.15, 0.2) is 28.8 Å². The van der Waals surface area contributed by atoms with Gasteiger partial charge in [0.2, 0.25) is 0 Å². The van der Waals surface area contributed by atoms with Gasteiger partial charge in [0.1, 0.15) is 5.75 Å². The second-order valence-electron chi connectivity index (χ2n) is 4.90. The van der Waals surface area contributed by atoms with Crippen molar-refractivity contribution in [2.75, 3.05) is 7.11 Å². The van der Waals surface area contributed by atoms with Gasteiger partial charge in [0.25, 0.3) is 5.89 Å². The lowest BCUT2D eigenvalue weighted by molar-refractivity contribution is 0.402. The Morgan fingerprint density at radius 3 is 2.24 bits per heavy atom. The average molecular weight is 232 g/mol. The first-order valence-corrected chi connectivity index (χ1v) is 5.49. The Kier molecular flexibility index (Phi) is 2.88. The van der Waals surface area contributed by atoms with E-state index < -0.39 is 0 Å². The molecule has 0 radical (unpaired) electrons. The molecule has 0 bridgehead atoms. The highest BCUT2D eigenvalue weighted by Gasteiger charge is 2.21. The second kappa shape index (κ2) is 4.20. The Morgan fingerprint density at radius 1 is 1.12 bits per heavy atom. The minimum Gasteiger partial charge on any atom is -0.497 e. The lowest BCUT2D eigenvalue weighted by Crippen LogP contribution is -2.13. The van der Waals surface area contributed by atoms with Crippen molar-refractivity contribution in [3.63, 3.8) is 0 Å². The van der Waals surface area contributed by atoms with Crippen molar-refractivity contribution in [1.82, 2.24) is 10.1 Å². The summed E-state index contributed by atoms with van der Waals surface area (Å²) < 4.78 is 10.3. The maximum absolute atomic E-state index is 5.25. The Hall–Kier alpha value is -1.84. The molecule has 1 heterocycles. The lowest BCUT2D eigenvalue weighted by atomic mass is 9.96. The summed E-state index contributed by atoms with van der Waals surface area (Å²) in [7, 11) is 1.64. The predicted molar refractivity (Wildman–Crippen MR) is 65.0 cm³/mol. The average Bonchev–Trinajstić information content (AvgIpc) is 2.78. The van der Waals surface area contributed by atoms with E-state index >= 15 is 0 Å². The molecule has 0 aliphatic carbocycles. The van der Waals surface area contributed by atoms with E-state index in [9.17, 15) is 0 Å². The van der Waals surface area contributed by atoms with Gasteiger partial charge in [-0.3, -0.25) is 0 Å². The van der Waals surface area contributed by atoms with Crippen LogP contribution in [0.2, 0.25) is 0 Å². The largest absolute Gasteiger partial charge is 0.497 e. The maximum atomic E-state index is 5.25. The van der Waals surface area contributed by atoms with Gasteiger partial charge < -0.3 is 9.26 Å². The van der Waals surface area contributed by atoms with Crippen molar-refractivity contribution in [3.8, 4) is 17.2 Å². The topological polar surface area (TPSA) is 48.2 Å². The molecule has 4 heteroatoms. The molecule has 0 saturated heterocycles. The third kappa shape index (κ3) is 2.46. The Balaban J connectivity index is 2.30. The number of nitrogens with zero attached hydrogens (tertiary/aromatic N) is 2. The molecule has 1 aromatic carbocycles. The minimum absolute atomic E-state index is 0.103. The molecule has 0 fully saturated rings. The van der Waals surface area contributed by atoms with Crippen LogP contribution in [0.1, 0.15) is 26.6 Å². The molecule has 0 N–H and O–H groups in total. The SMILES string of the molecule is COc1ccc(-c2nc(C(C)(C)C)no2)cc1. The quantitative estimate of drug-likeness (QED) is 0.798. The fourth-order valence-electron chi connectivity index (χ4n) is 1.38. The summed E-state index contributed by atoms with van der Waals surface area (Å²) in [5, 5.41) is 3.99. The monoisotopic (exact) mass is 232 g/mol. The summed E-state index contributed by atoms with van der Waals surface area (Å²) in [6.07, 6.45) is 0. The Labute approximate surface area is 101 Å². The van der Waals surface area contributed by atoms with Crippen molar-refractivity contribution in [2.45, 2.75) is 26.2 Å². The summed E-state index contributed by atoms with van der Waals surface area (Å²) >= 11 is 0. The molecule has 0 saturated carbocycles. The van der Waals surface area contributed by atoms with Crippen LogP contribution in [-0.2, 0) is 5.41 Å². The van der Waals surface area contributed by atoms with Crippen molar-refractivity contribution in [2.24, 2.45) is 0 Å². The van der Waals surface area contributed by atoms with Crippen LogP contribution in [0.5, 0.6) is 5.75 Å². The summed E-state index contributed by atoms with van der Waals surface area (Å²) in [4.78, 5) is 4.39. The van der Waals surface area contributed by atoms with Gasteiger partial charge in [0.05, 0.1) is 7.11 Å². The molecule has 2 aromatic rings. The molecule has 0 unspecified atom stereocenters. The van der Waals surface area contributed by atoms with Crippen LogP contribution in [0.25, 0.3) is 11.5 Å². The molecule has 17 heavy (non-hydrogen) atoms. The van der Waals surface area contributed by atoms with E-state index in [-0.39, 0.29) is 5.41 Å². The molecule has 0 amide bonds. The number of benzene rings is 1. The van der Waals surface area contributed by atoms with Gasteiger partial charge in [-0.1, -0.05) is 25.9 Å². The Morgan fingerprint density at radius 2 is 1.76 bits per heavy atom. The van der Waals surface area contributed by atoms with E-state index in [2.05, 4.69) is 30.9 Å². The lowest BCUT2D eigenvalue weighted by Gasteiger charge is -2.10. The first-order chi connectivity index (χ1) is 8.00. The van der Waals surface area contributed by atoms with Crippen molar-refractivity contribution in [3.05, 3.63) is 30.1 Å². The zero-order valence-corrected chi connectivity index (χ0v) is 10.5. The summed E-state index contributed by atoms with van der Waals surface area (Å²) in [6.45, 7) is 6.15. The number of rotatable bonds is 2. The molecule has 0 atom stereocenters. The molecule has 1 aromatic heterocycles. The zero-order valence-electron chi connectivity index (χ0n) is 10.5. The number of methoxy groups -OCH3 is 1. The van der Waals surface area contributed by atoms with Crippen LogP contribution in [0, 0.1) is 0 Å². The van der Waals surface area contributed by atoms with Crippen molar-refractivity contribution in [1.29, 1.82) is 0 Å². The van der Waals surface area contributed by atoms with Crippen molar-refractivity contribution < 1.29 is 9.26 Å². The number of hydrogen-bond acceptors (Lipinski definition) is 4. The fraction of sp³-hybridized carbons (Fsp3) is 0.385.